The molecule has 0 bridgehead atoms. The van der Waals surface area contributed by atoms with Crippen LogP contribution in [0.2, 0.25) is 0 Å². The molecule has 0 saturated carbocycles. The smallest absolute Gasteiger partial charge is 0.123 e. The van der Waals surface area contributed by atoms with E-state index >= 15 is 0 Å². The van der Waals surface area contributed by atoms with E-state index in [2.05, 4.69) is 54.0 Å². The highest BCUT2D eigenvalue weighted by Gasteiger charge is 2.32. The van der Waals surface area contributed by atoms with Crippen LogP contribution in [0.15, 0.2) is 42.5 Å². The predicted octanol–water partition coefficient (Wildman–Crippen LogP) is 4.85. The number of halogens is 1. The first-order valence-electron chi connectivity index (χ1n) is 7.07. The van der Waals surface area contributed by atoms with Gasteiger partial charge in [0.25, 0.3) is 0 Å². The minimum Gasteiger partial charge on any atom is -0.496 e. The van der Waals surface area contributed by atoms with E-state index < -0.39 is 0 Å². The van der Waals surface area contributed by atoms with Crippen LogP contribution in [0.25, 0.3) is 0 Å². The Hall–Kier alpha value is -1.48. The lowest BCUT2D eigenvalue weighted by molar-refractivity contribution is 0.291. The molecule has 0 spiro atoms. The van der Waals surface area contributed by atoms with Crippen LogP contribution >= 0.6 is 15.9 Å². The third-order valence-corrected chi connectivity index (χ3v) is 5.05. The highest BCUT2D eigenvalue weighted by Crippen LogP contribution is 2.43. The van der Waals surface area contributed by atoms with Gasteiger partial charge in [0.05, 0.1) is 18.5 Å². The lowest BCUT2D eigenvalue weighted by Crippen LogP contribution is -2.18. The molecule has 0 N–H and O–H groups in total. The zero-order valence-corrected chi connectivity index (χ0v) is 14.1. The van der Waals surface area contributed by atoms with Crippen LogP contribution in [0, 0.1) is 0 Å². The second-order valence-corrected chi connectivity index (χ2v) is 6.95. The molecule has 0 saturated heterocycles. The molecule has 1 unspecified atom stereocenters. The van der Waals surface area contributed by atoms with Gasteiger partial charge in [-0.2, -0.15) is 0 Å². The van der Waals surface area contributed by atoms with Crippen LogP contribution in [0.4, 0.5) is 0 Å². The van der Waals surface area contributed by atoms with E-state index in [1.165, 1.54) is 11.1 Å². The molecule has 1 atom stereocenters. The molecule has 2 aromatic rings. The normalized spacial score (nSPS) is 17.0. The number of alkyl halides is 1. The fourth-order valence-corrected chi connectivity index (χ4v) is 3.41. The lowest BCUT2D eigenvalue weighted by Gasteiger charge is -2.18. The molecule has 0 aromatic heterocycles. The molecule has 0 aliphatic carbocycles. The van der Waals surface area contributed by atoms with Crippen molar-refractivity contribution in [3.05, 3.63) is 59.2 Å². The summed E-state index contributed by atoms with van der Waals surface area (Å²) >= 11 is 3.81. The number of methoxy groups -OCH3 is 1. The van der Waals surface area contributed by atoms with Crippen molar-refractivity contribution >= 4 is 15.9 Å². The average molecular weight is 347 g/mol. The Bertz CT molecular complexity index is 664. The Morgan fingerprint density at radius 1 is 1.19 bits per heavy atom. The van der Waals surface area contributed by atoms with E-state index in [0.717, 1.165) is 23.7 Å². The fourth-order valence-electron chi connectivity index (χ4n) is 2.75. The molecule has 2 nitrogen and oxygen atoms in total. The summed E-state index contributed by atoms with van der Waals surface area (Å²) in [7, 11) is 1.71. The maximum atomic E-state index is 5.76. The maximum absolute atomic E-state index is 5.76. The van der Waals surface area contributed by atoms with Crippen molar-refractivity contribution in [2.24, 2.45) is 0 Å². The van der Waals surface area contributed by atoms with Gasteiger partial charge in [0.1, 0.15) is 11.5 Å². The Balaban J connectivity index is 2.01. The molecule has 3 rings (SSSR count). The van der Waals surface area contributed by atoms with Gasteiger partial charge in [-0.15, -0.1) is 0 Å². The van der Waals surface area contributed by atoms with Crippen LogP contribution in [0.1, 0.15) is 35.4 Å². The fraction of sp³-hybridized carbons (Fsp3) is 0.333. The van der Waals surface area contributed by atoms with Gasteiger partial charge in [0.2, 0.25) is 0 Å². The van der Waals surface area contributed by atoms with Gasteiger partial charge in [-0.25, -0.2) is 0 Å². The van der Waals surface area contributed by atoms with Crippen molar-refractivity contribution in [1.82, 2.24) is 0 Å². The number of benzene rings is 2. The summed E-state index contributed by atoms with van der Waals surface area (Å²) < 4.78 is 11.2. The Morgan fingerprint density at radius 2 is 1.95 bits per heavy atom. The molecule has 3 heteroatoms. The van der Waals surface area contributed by atoms with Crippen LogP contribution in [0.3, 0.4) is 0 Å². The van der Waals surface area contributed by atoms with E-state index in [9.17, 15) is 0 Å². The van der Waals surface area contributed by atoms with E-state index in [-0.39, 0.29) is 10.2 Å². The van der Waals surface area contributed by atoms with Gasteiger partial charge in [0.15, 0.2) is 0 Å². The van der Waals surface area contributed by atoms with E-state index in [0.29, 0.717) is 0 Å². The third kappa shape index (κ3) is 2.55. The van der Waals surface area contributed by atoms with Crippen molar-refractivity contribution in [3.63, 3.8) is 0 Å². The van der Waals surface area contributed by atoms with Gasteiger partial charge < -0.3 is 9.47 Å². The standard InChI is InChI=1S/C18H19BrO2/c1-18(2)11-21-16-9-8-12(10-14(16)18)17(19)13-6-4-5-7-15(13)20-3/h4-10,17H,11H2,1-3H3. The van der Waals surface area contributed by atoms with Gasteiger partial charge in [-0.3, -0.25) is 0 Å². The number of fused-ring (bicyclic) bond motifs is 1. The minimum atomic E-state index is 0.0683. The first-order chi connectivity index (χ1) is 10.0. The molecule has 0 amide bonds. The third-order valence-electron chi connectivity index (χ3n) is 4.03. The van der Waals surface area contributed by atoms with E-state index in [1.54, 1.807) is 7.11 Å². The second-order valence-electron chi connectivity index (χ2n) is 6.03. The molecule has 21 heavy (non-hydrogen) atoms. The molecular weight excluding hydrogens is 328 g/mol. The summed E-state index contributed by atoms with van der Waals surface area (Å²) in [6.45, 7) is 5.18. The number of ether oxygens (including phenoxy) is 2. The highest BCUT2D eigenvalue weighted by molar-refractivity contribution is 9.09. The highest BCUT2D eigenvalue weighted by atomic mass is 79.9. The van der Waals surface area contributed by atoms with Gasteiger partial charge in [-0.1, -0.05) is 54.0 Å². The summed E-state index contributed by atoms with van der Waals surface area (Å²) in [4.78, 5) is 0.107. The van der Waals surface area contributed by atoms with Gasteiger partial charge in [0, 0.05) is 16.5 Å². The molecule has 0 fully saturated rings. The summed E-state index contributed by atoms with van der Waals surface area (Å²) in [5.74, 6) is 1.90. The van der Waals surface area contributed by atoms with E-state index in [1.807, 2.05) is 18.2 Å². The number of hydrogen-bond donors (Lipinski definition) is 0. The topological polar surface area (TPSA) is 18.5 Å². The number of para-hydroxylation sites is 1. The molecular formula is C18H19BrO2. The van der Waals surface area contributed by atoms with Crippen molar-refractivity contribution in [2.75, 3.05) is 13.7 Å². The van der Waals surface area contributed by atoms with Crippen molar-refractivity contribution in [2.45, 2.75) is 24.1 Å². The van der Waals surface area contributed by atoms with E-state index in [4.69, 9.17) is 9.47 Å². The first kappa shape index (κ1) is 14.5. The minimum absolute atomic E-state index is 0.0683. The number of hydrogen-bond acceptors (Lipinski definition) is 2. The van der Waals surface area contributed by atoms with Crippen LogP contribution in [-0.4, -0.2) is 13.7 Å². The number of rotatable bonds is 3. The SMILES string of the molecule is COc1ccccc1C(Br)c1ccc2c(c1)C(C)(C)CO2. The molecule has 110 valence electrons. The van der Waals surface area contributed by atoms with Crippen molar-refractivity contribution in [3.8, 4) is 11.5 Å². The monoisotopic (exact) mass is 346 g/mol. The second kappa shape index (κ2) is 5.38. The maximum Gasteiger partial charge on any atom is 0.123 e. The Labute approximate surface area is 134 Å². The van der Waals surface area contributed by atoms with Gasteiger partial charge >= 0.3 is 0 Å². The molecule has 1 heterocycles. The van der Waals surface area contributed by atoms with Crippen molar-refractivity contribution < 1.29 is 9.47 Å². The zero-order valence-electron chi connectivity index (χ0n) is 12.5. The molecule has 1 aliphatic heterocycles. The summed E-state index contributed by atoms with van der Waals surface area (Å²) in [6.07, 6.45) is 0. The van der Waals surface area contributed by atoms with Crippen molar-refractivity contribution in [1.29, 1.82) is 0 Å². The van der Waals surface area contributed by atoms with Gasteiger partial charge in [-0.05, 0) is 23.8 Å². The van der Waals surface area contributed by atoms with Crippen LogP contribution in [0.5, 0.6) is 11.5 Å². The van der Waals surface area contributed by atoms with Crippen LogP contribution in [-0.2, 0) is 5.41 Å². The summed E-state index contributed by atoms with van der Waals surface area (Å²) in [5, 5.41) is 0. The summed E-state index contributed by atoms with van der Waals surface area (Å²) in [5.41, 5.74) is 3.70. The predicted molar refractivity (Wildman–Crippen MR) is 88.7 cm³/mol. The quantitative estimate of drug-likeness (QED) is 0.739. The lowest BCUT2D eigenvalue weighted by atomic mass is 9.85. The summed E-state index contributed by atoms with van der Waals surface area (Å²) in [6, 6.07) is 14.5. The Morgan fingerprint density at radius 3 is 2.71 bits per heavy atom. The molecule has 2 aromatic carbocycles. The largest absolute Gasteiger partial charge is 0.496 e. The average Bonchev–Trinajstić information content (AvgIpc) is 2.81. The molecule has 0 radical (unpaired) electrons. The molecule has 1 aliphatic rings. The zero-order chi connectivity index (χ0) is 15.0. The first-order valence-corrected chi connectivity index (χ1v) is 7.99. The Kier molecular flexibility index (Phi) is 3.70. The van der Waals surface area contributed by atoms with Crippen LogP contribution < -0.4 is 9.47 Å².